The highest BCUT2D eigenvalue weighted by atomic mass is 35.5. The molecule has 25 heavy (non-hydrogen) atoms. The number of aliphatic imine (C=N–C) groups is 1. The molecule has 0 fully saturated rings. The van der Waals surface area contributed by atoms with Crippen molar-refractivity contribution in [1.82, 2.24) is 5.32 Å². The maximum Gasteiger partial charge on any atom is 0.275 e. The molecule has 0 aromatic heterocycles. The molecule has 1 aliphatic heterocycles. The van der Waals surface area contributed by atoms with Crippen molar-refractivity contribution in [2.45, 2.75) is 12.8 Å². The third kappa shape index (κ3) is 4.21. The van der Waals surface area contributed by atoms with E-state index in [9.17, 15) is 4.79 Å². The summed E-state index contributed by atoms with van der Waals surface area (Å²) in [6, 6.07) is 13.0. The van der Waals surface area contributed by atoms with Crippen molar-refractivity contribution < 1.29 is 9.53 Å². The lowest BCUT2D eigenvalue weighted by Gasteiger charge is -2.03. The van der Waals surface area contributed by atoms with Crippen LogP contribution in [0.4, 0.5) is 0 Å². The number of rotatable bonds is 5. The number of hydrogen-bond acceptors (Lipinski definition) is 3. The first-order chi connectivity index (χ1) is 12.1. The number of nitrogens with one attached hydrogen (secondary N) is 1. The maximum absolute atomic E-state index is 12.1. The van der Waals surface area contributed by atoms with E-state index in [4.69, 9.17) is 27.9 Å². The average Bonchev–Trinajstić information content (AvgIpc) is 2.94. The number of methoxy groups -OCH3 is 1. The van der Waals surface area contributed by atoms with Crippen LogP contribution in [-0.2, 0) is 11.2 Å². The van der Waals surface area contributed by atoms with Crippen LogP contribution in [0, 0.1) is 0 Å². The summed E-state index contributed by atoms with van der Waals surface area (Å²) < 4.78 is 5.12. The number of halogens is 2. The Hall–Kier alpha value is -2.30. The van der Waals surface area contributed by atoms with Crippen LogP contribution < -0.4 is 10.1 Å². The van der Waals surface area contributed by atoms with Gasteiger partial charge in [-0.2, -0.15) is 0 Å². The van der Waals surface area contributed by atoms with E-state index in [2.05, 4.69) is 10.3 Å². The Morgan fingerprint density at radius 1 is 1.12 bits per heavy atom. The van der Waals surface area contributed by atoms with Crippen LogP contribution in [0.5, 0.6) is 5.75 Å². The molecule has 1 heterocycles. The van der Waals surface area contributed by atoms with Gasteiger partial charge < -0.3 is 10.1 Å². The van der Waals surface area contributed by atoms with E-state index in [0.29, 0.717) is 35.1 Å². The van der Waals surface area contributed by atoms with Gasteiger partial charge in [0.05, 0.1) is 12.1 Å². The van der Waals surface area contributed by atoms with E-state index in [0.717, 1.165) is 16.1 Å². The smallest absolute Gasteiger partial charge is 0.275 e. The highest BCUT2D eigenvalue weighted by Crippen LogP contribution is 2.26. The van der Waals surface area contributed by atoms with E-state index in [-0.39, 0.29) is 5.91 Å². The Balaban J connectivity index is 1.73. The van der Waals surface area contributed by atoms with Crippen LogP contribution in [-0.4, -0.2) is 18.9 Å². The normalized spacial score (nSPS) is 15.2. The van der Waals surface area contributed by atoms with Gasteiger partial charge in [-0.1, -0.05) is 47.5 Å². The fourth-order valence-electron chi connectivity index (χ4n) is 2.52. The van der Waals surface area contributed by atoms with Crippen molar-refractivity contribution in [3.63, 3.8) is 0 Å². The first-order valence-corrected chi connectivity index (χ1v) is 8.50. The molecule has 0 saturated heterocycles. The van der Waals surface area contributed by atoms with Gasteiger partial charge >= 0.3 is 0 Å². The van der Waals surface area contributed by atoms with Gasteiger partial charge in [-0.05, 0) is 41.8 Å². The number of nitrogens with zero attached hydrogens (tertiary/aromatic N) is 1. The van der Waals surface area contributed by atoms with Crippen LogP contribution in [0.1, 0.15) is 17.5 Å². The molecule has 128 valence electrons. The number of amides is 1. The molecule has 0 saturated carbocycles. The fourth-order valence-corrected chi connectivity index (χ4v) is 3.02. The Kier molecular flexibility index (Phi) is 5.41. The summed E-state index contributed by atoms with van der Waals surface area (Å²) in [5.74, 6) is 1.00. The summed E-state index contributed by atoms with van der Waals surface area (Å²) in [7, 11) is 1.55. The first-order valence-electron chi connectivity index (χ1n) is 7.74. The molecule has 1 amide bonds. The van der Waals surface area contributed by atoms with E-state index in [1.807, 2.05) is 30.3 Å². The molecule has 2 aromatic carbocycles. The van der Waals surface area contributed by atoms with Crippen LogP contribution in [0.25, 0.3) is 6.08 Å². The topological polar surface area (TPSA) is 50.7 Å². The van der Waals surface area contributed by atoms with Crippen LogP contribution in [0.2, 0.25) is 10.0 Å². The standard InChI is InChI=1S/C19H16Cl2N2O2/c1-25-17-8-6-12(10-15(17)21)11-16-19(24)23-18(22-16)9-7-13-4-2-3-5-14(13)20/h2-6,8,10-11H,7,9H2,1H3,(H,22,23,24)/b16-11+. The molecular weight excluding hydrogens is 359 g/mol. The van der Waals surface area contributed by atoms with Crippen molar-refractivity contribution in [3.05, 3.63) is 69.3 Å². The van der Waals surface area contributed by atoms with Crippen LogP contribution in [0.15, 0.2) is 53.2 Å². The predicted molar refractivity (Wildman–Crippen MR) is 101 cm³/mol. The van der Waals surface area contributed by atoms with Crippen LogP contribution in [0.3, 0.4) is 0 Å². The number of carbonyl (C=O) groups excluding carboxylic acids is 1. The van der Waals surface area contributed by atoms with Crippen molar-refractivity contribution >= 4 is 41.0 Å². The number of aryl methyl sites for hydroxylation is 1. The lowest BCUT2D eigenvalue weighted by Crippen LogP contribution is -2.24. The minimum absolute atomic E-state index is 0.221. The molecule has 1 aliphatic rings. The summed E-state index contributed by atoms with van der Waals surface area (Å²) in [6.45, 7) is 0. The van der Waals surface area contributed by atoms with Crippen molar-refractivity contribution in [2.24, 2.45) is 4.99 Å². The third-order valence-corrected chi connectivity index (χ3v) is 4.48. The lowest BCUT2D eigenvalue weighted by molar-refractivity contribution is -0.115. The molecule has 0 atom stereocenters. The second-order valence-electron chi connectivity index (χ2n) is 5.53. The Morgan fingerprint density at radius 3 is 2.64 bits per heavy atom. The van der Waals surface area contributed by atoms with E-state index in [1.54, 1.807) is 25.3 Å². The number of amidine groups is 1. The van der Waals surface area contributed by atoms with Gasteiger partial charge in [0.1, 0.15) is 17.3 Å². The Morgan fingerprint density at radius 2 is 1.92 bits per heavy atom. The van der Waals surface area contributed by atoms with Gasteiger partial charge in [-0.15, -0.1) is 0 Å². The van der Waals surface area contributed by atoms with Crippen molar-refractivity contribution in [3.8, 4) is 5.75 Å². The second kappa shape index (κ2) is 7.72. The van der Waals surface area contributed by atoms with E-state index >= 15 is 0 Å². The summed E-state index contributed by atoms with van der Waals surface area (Å²) in [5, 5.41) is 4.00. The largest absolute Gasteiger partial charge is 0.495 e. The highest BCUT2D eigenvalue weighted by Gasteiger charge is 2.20. The molecule has 0 bridgehead atoms. The molecule has 4 nitrogen and oxygen atoms in total. The van der Waals surface area contributed by atoms with Gasteiger partial charge in [-0.25, -0.2) is 4.99 Å². The Bertz CT molecular complexity index is 875. The number of carbonyl (C=O) groups is 1. The quantitative estimate of drug-likeness (QED) is 0.783. The monoisotopic (exact) mass is 374 g/mol. The minimum Gasteiger partial charge on any atom is -0.495 e. The van der Waals surface area contributed by atoms with Crippen molar-refractivity contribution in [2.75, 3.05) is 7.11 Å². The zero-order valence-electron chi connectivity index (χ0n) is 13.6. The number of hydrogen-bond donors (Lipinski definition) is 1. The molecule has 0 aliphatic carbocycles. The van der Waals surface area contributed by atoms with Gasteiger partial charge in [0.2, 0.25) is 0 Å². The Labute approximate surface area is 156 Å². The SMILES string of the molecule is COc1ccc(/C=C2/N=C(CCc3ccccc3Cl)NC2=O)cc1Cl. The zero-order valence-corrected chi connectivity index (χ0v) is 15.1. The molecule has 0 unspecified atom stereocenters. The predicted octanol–water partition coefficient (Wildman–Crippen LogP) is 4.50. The molecule has 2 aromatic rings. The average molecular weight is 375 g/mol. The maximum atomic E-state index is 12.1. The first kappa shape index (κ1) is 17.5. The van der Waals surface area contributed by atoms with Gasteiger partial charge in [0, 0.05) is 11.4 Å². The minimum atomic E-state index is -0.221. The third-order valence-electron chi connectivity index (χ3n) is 3.81. The summed E-state index contributed by atoms with van der Waals surface area (Å²) in [5.41, 5.74) is 2.17. The molecule has 0 spiro atoms. The number of ether oxygens (including phenoxy) is 1. The van der Waals surface area contributed by atoms with Gasteiger partial charge in [-0.3, -0.25) is 4.79 Å². The number of benzene rings is 2. The molecule has 1 N–H and O–H groups in total. The van der Waals surface area contributed by atoms with Gasteiger partial charge in [0.25, 0.3) is 5.91 Å². The second-order valence-corrected chi connectivity index (χ2v) is 6.34. The summed E-state index contributed by atoms with van der Waals surface area (Å²) in [6.07, 6.45) is 3.01. The zero-order chi connectivity index (χ0) is 17.8. The summed E-state index contributed by atoms with van der Waals surface area (Å²) >= 11 is 12.3. The van der Waals surface area contributed by atoms with Crippen molar-refractivity contribution in [1.29, 1.82) is 0 Å². The van der Waals surface area contributed by atoms with E-state index < -0.39 is 0 Å². The lowest BCUT2D eigenvalue weighted by atomic mass is 10.1. The summed E-state index contributed by atoms with van der Waals surface area (Å²) in [4.78, 5) is 16.5. The fraction of sp³-hybridized carbons (Fsp3) is 0.158. The molecule has 0 radical (unpaired) electrons. The molecular formula is C19H16Cl2N2O2. The molecule has 3 rings (SSSR count). The highest BCUT2D eigenvalue weighted by molar-refractivity contribution is 6.32. The van der Waals surface area contributed by atoms with Crippen LogP contribution >= 0.6 is 23.2 Å². The van der Waals surface area contributed by atoms with Gasteiger partial charge in [0.15, 0.2) is 0 Å². The molecule has 6 heteroatoms. The van der Waals surface area contributed by atoms with E-state index in [1.165, 1.54) is 0 Å².